The highest BCUT2D eigenvalue weighted by atomic mass is 16.6. The zero-order chi connectivity index (χ0) is 10.8. The van der Waals surface area contributed by atoms with Crippen molar-refractivity contribution in [2.75, 3.05) is 32.8 Å². The summed E-state index contributed by atoms with van der Waals surface area (Å²) in [4.78, 5) is 25.7. The molecular formula is C9H14N2O4. The fraction of sp³-hybridized carbons (Fsp3) is 0.778. The van der Waals surface area contributed by atoms with E-state index in [4.69, 9.17) is 0 Å². The number of carbonyl (C=O) groups excluding carboxylic acids is 2. The van der Waals surface area contributed by atoms with Gasteiger partial charge in [-0.2, -0.15) is 0 Å². The molecule has 0 bridgehead atoms. The van der Waals surface area contributed by atoms with Crippen LogP contribution in [-0.2, 0) is 9.53 Å². The smallest absolute Gasteiger partial charge is 0.416 e. The molecule has 2 saturated heterocycles. The second kappa shape index (κ2) is 4.16. The number of nitrogens with zero attached hydrogens (tertiary/aromatic N) is 2. The van der Waals surface area contributed by atoms with Crippen LogP contribution in [0.5, 0.6) is 0 Å². The van der Waals surface area contributed by atoms with Crippen LogP contribution in [0.15, 0.2) is 0 Å². The van der Waals surface area contributed by atoms with Gasteiger partial charge in [-0.1, -0.05) is 0 Å². The Morgan fingerprint density at radius 2 is 2.33 bits per heavy atom. The lowest BCUT2D eigenvalue weighted by Crippen LogP contribution is -2.40. The largest absolute Gasteiger partial charge is 0.447 e. The fourth-order valence-corrected chi connectivity index (χ4v) is 1.85. The van der Waals surface area contributed by atoms with Gasteiger partial charge in [0.1, 0.15) is 6.61 Å². The number of carbonyl (C=O) groups is 2. The molecule has 0 aromatic rings. The number of hydrogen-bond donors (Lipinski definition) is 1. The summed E-state index contributed by atoms with van der Waals surface area (Å²) < 4.78 is 4.67. The third-order valence-corrected chi connectivity index (χ3v) is 2.67. The molecule has 2 fully saturated rings. The van der Waals surface area contributed by atoms with Crippen LogP contribution in [0.1, 0.15) is 6.42 Å². The van der Waals surface area contributed by atoms with Crippen LogP contribution in [0.4, 0.5) is 4.79 Å². The van der Waals surface area contributed by atoms with Crippen molar-refractivity contribution in [2.45, 2.75) is 12.5 Å². The lowest BCUT2D eigenvalue weighted by Gasteiger charge is -2.17. The van der Waals surface area contributed by atoms with E-state index in [1.54, 1.807) is 0 Å². The Balaban J connectivity index is 1.84. The maximum Gasteiger partial charge on any atom is 0.416 e. The summed E-state index contributed by atoms with van der Waals surface area (Å²) in [6.45, 7) is 2.03. The lowest BCUT2D eigenvalue weighted by molar-refractivity contribution is -0.128. The van der Waals surface area contributed by atoms with Crippen LogP contribution in [0.2, 0.25) is 0 Å². The molecule has 1 unspecified atom stereocenters. The van der Waals surface area contributed by atoms with E-state index in [-0.39, 0.29) is 25.2 Å². The van der Waals surface area contributed by atoms with E-state index in [9.17, 15) is 14.7 Å². The van der Waals surface area contributed by atoms with Gasteiger partial charge < -0.3 is 9.84 Å². The minimum atomic E-state index is -0.556. The summed E-state index contributed by atoms with van der Waals surface area (Å²) in [7, 11) is 0. The van der Waals surface area contributed by atoms with Crippen molar-refractivity contribution in [3.05, 3.63) is 0 Å². The van der Waals surface area contributed by atoms with Gasteiger partial charge >= 0.3 is 6.09 Å². The van der Waals surface area contributed by atoms with Crippen molar-refractivity contribution >= 4 is 12.0 Å². The summed E-state index contributed by atoms with van der Waals surface area (Å²) in [6.07, 6.45) is -0.208. The molecule has 84 valence electrons. The van der Waals surface area contributed by atoms with Gasteiger partial charge in [0.15, 0.2) is 0 Å². The first kappa shape index (κ1) is 10.4. The van der Waals surface area contributed by atoms with Crippen LogP contribution in [0.3, 0.4) is 0 Å². The molecule has 2 rings (SSSR count). The van der Waals surface area contributed by atoms with Gasteiger partial charge in [0.25, 0.3) is 0 Å². The molecule has 1 N–H and O–H groups in total. The standard InChI is InChI=1S/C9H14N2O4/c12-7-1-2-10(5-7)6-8(13)11-3-4-15-9(11)14/h7,12H,1-6H2. The molecule has 2 aliphatic heterocycles. The third-order valence-electron chi connectivity index (χ3n) is 2.67. The molecule has 1 atom stereocenters. The number of hydrogen-bond acceptors (Lipinski definition) is 5. The highest BCUT2D eigenvalue weighted by Gasteiger charge is 2.31. The van der Waals surface area contributed by atoms with Crippen molar-refractivity contribution in [1.29, 1.82) is 0 Å². The van der Waals surface area contributed by atoms with E-state index < -0.39 is 6.09 Å². The van der Waals surface area contributed by atoms with Crippen LogP contribution in [0.25, 0.3) is 0 Å². The topological polar surface area (TPSA) is 70.1 Å². The number of β-amino-alcohol motifs (C(OH)–C–C–N with tert-alkyl or cyclic N) is 1. The number of likely N-dealkylation sites (tertiary alicyclic amines) is 1. The van der Waals surface area contributed by atoms with Crippen molar-refractivity contribution in [3.63, 3.8) is 0 Å². The van der Waals surface area contributed by atoms with Gasteiger partial charge in [-0.05, 0) is 6.42 Å². The maximum atomic E-state index is 11.6. The number of amides is 2. The van der Waals surface area contributed by atoms with Crippen molar-refractivity contribution in [3.8, 4) is 0 Å². The van der Waals surface area contributed by atoms with Gasteiger partial charge in [0, 0.05) is 13.1 Å². The van der Waals surface area contributed by atoms with Crippen molar-refractivity contribution < 1.29 is 19.4 Å². The van der Waals surface area contributed by atoms with Crippen LogP contribution >= 0.6 is 0 Å². The van der Waals surface area contributed by atoms with Crippen LogP contribution in [0, 0.1) is 0 Å². The van der Waals surface area contributed by atoms with E-state index in [2.05, 4.69) is 4.74 Å². The molecule has 2 heterocycles. The predicted octanol–water partition coefficient (Wildman–Crippen LogP) is -0.968. The average molecular weight is 214 g/mol. The van der Waals surface area contributed by atoms with Crippen LogP contribution in [-0.4, -0.2) is 65.8 Å². The highest BCUT2D eigenvalue weighted by molar-refractivity contribution is 5.94. The third kappa shape index (κ3) is 2.27. The lowest BCUT2D eigenvalue weighted by atomic mass is 10.3. The van der Waals surface area contributed by atoms with E-state index in [0.29, 0.717) is 26.1 Å². The molecule has 2 amide bonds. The Labute approximate surface area is 87.4 Å². The second-order valence-corrected chi connectivity index (χ2v) is 3.84. The molecule has 0 aliphatic carbocycles. The van der Waals surface area contributed by atoms with Gasteiger partial charge in [-0.3, -0.25) is 9.69 Å². The number of rotatable bonds is 2. The number of imide groups is 1. The highest BCUT2D eigenvalue weighted by Crippen LogP contribution is 2.10. The molecule has 0 spiro atoms. The monoisotopic (exact) mass is 214 g/mol. The molecule has 6 nitrogen and oxygen atoms in total. The maximum absolute atomic E-state index is 11.6. The average Bonchev–Trinajstić information content (AvgIpc) is 2.75. The Bertz CT molecular complexity index is 281. The molecular weight excluding hydrogens is 200 g/mol. The number of ether oxygens (including phenoxy) is 1. The Morgan fingerprint density at radius 1 is 1.53 bits per heavy atom. The van der Waals surface area contributed by atoms with Gasteiger partial charge in [0.05, 0.1) is 19.2 Å². The minimum absolute atomic E-state index is 0.187. The van der Waals surface area contributed by atoms with Crippen molar-refractivity contribution in [2.24, 2.45) is 0 Å². The fourth-order valence-electron chi connectivity index (χ4n) is 1.85. The van der Waals surface area contributed by atoms with E-state index >= 15 is 0 Å². The Kier molecular flexibility index (Phi) is 2.88. The number of cyclic esters (lactones) is 1. The number of aliphatic hydroxyl groups is 1. The first-order chi connectivity index (χ1) is 7.16. The normalized spacial score (nSPS) is 27.1. The van der Waals surface area contributed by atoms with E-state index in [1.165, 1.54) is 0 Å². The first-order valence-electron chi connectivity index (χ1n) is 5.04. The summed E-state index contributed by atoms with van der Waals surface area (Å²) in [6, 6.07) is 0. The molecule has 6 heteroatoms. The summed E-state index contributed by atoms with van der Waals surface area (Å²) in [5, 5.41) is 9.27. The van der Waals surface area contributed by atoms with Crippen molar-refractivity contribution in [1.82, 2.24) is 9.80 Å². The van der Waals surface area contributed by atoms with E-state index in [0.717, 1.165) is 4.90 Å². The zero-order valence-corrected chi connectivity index (χ0v) is 8.39. The van der Waals surface area contributed by atoms with Gasteiger partial charge in [-0.25, -0.2) is 9.69 Å². The molecule has 0 aromatic carbocycles. The summed E-state index contributed by atoms with van der Waals surface area (Å²) >= 11 is 0. The molecule has 0 saturated carbocycles. The van der Waals surface area contributed by atoms with Crippen LogP contribution < -0.4 is 0 Å². The first-order valence-corrected chi connectivity index (χ1v) is 5.04. The Morgan fingerprint density at radius 3 is 2.87 bits per heavy atom. The number of aliphatic hydroxyl groups excluding tert-OH is 1. The molecule has 0 aromatic heterocycles. The molecule has 0 radical (unpaired) electrons. The zero-order valence-electron chi connectivity index (χ0n) is 8.39. The second-order valence-electron chi connectivity index (χ2n) is 3.84. The summed E-state index contributed by atoms with van der Waals surface area (Å²) in [5.74, 6) is -0.244. The van der Waals surface area contributed by atoms with E-state index in [1.807, 2.05) is 4.90 Å². The molecule has 15 heavy (non-hydrogen) atoms. The Hall–Kier alpha value is -1.14. The van der Waals surface area contributed by atoms with Gasteiger partial charge in [0.2, 0.25) is 5.91 Å². The predicted molar refractivity (Wildman–Crippen MR) is 50.1 cm³/mol. The van der Waals surface area contributed by atoms with Gasteiger partial charge in [-0.15, -0.1) is 0 Å². The summed E-state index contributed by atoms with van der Waals surface area (Å²) in [5.41, 5.74) is 0. The SMILES string of the molecule is O=C(CN1CCC(O)C1)N1CCOC1=O. The minimum Gasteiger partial charge on any atom is -0.447 e. The quantitative estimate of drug-likeness (QED) is 0.640. The molecule has 2 aliphatic rings.